The summed E-state index contributed by atoms with van der Waals surface area (Å²) in [6.07, 6.45) is 1.63. The largest absolute Gasteiger partial charge is 0.369 e. The summed E-state index contributed by atoms with van der Waals surface area (Å²) in [5, 5.41) is 0.575. The number of aromatic nitrogens is 3. The van der Waals surface area contributed by atoms with Crippen molar-refractivity contribution >= 4 is 28.7 Å². The lowest BCUT2D eigenvalue weighted by Gasteiger charge is -2.26. The standard InChI is InChI=1S/C13H20ClN5/c1-8(2)11(7-18(3)4)19-12-10(17-13(19)15)5-9(14)6-16-12/h5-6,8,11H,7H2,1-4H3,(H2,15,17). The average Bonchev–Trinajstić information content (AvgIpc) is 2.60. The third kappa shape index (κ3) is 2.82. The van der Waals surface area contributed by atoms with Gasteiger partial charge in [0.15, 0.2) is 5.65 Å². The van der Waals surface area contributed by atoms with E-state index in [2.05, 4.69) is 42.8 Å². The van der Waals surface area contributed by atoms with E-state index < -0.39 is 0 Å². The minimum absolute atomic E-state index is 0.230. The molecular weight excluding hydrogens is 262 g/mol. The Kier molecular flexibility index (Phi) is 3.96. The van der Waals surface area contributed by atoms with E-state index in [0.29, 0.717) is 16.9 Å². The van der Waals surface area contributed by atoms with Crippen molar-refractivity contribution in [3.05, 3.63) is 17.3 Å². The van der Waals surface area contributed by atoms with Crippen LogP contribution in [0.4, 0.5) is 5.95 Å². The first-order valence-electron chi connectivity index (χ1n) is 6.34. The van der Waals surface area contributed by atoms with Crippen molar-refractivity contribution in [3.63, 3.8) is 0 Å². The Morgan fingerprint density at radius 3 is 2.68 bits per heavy atom. The molecule has 1 unspecified atom stereocenters. The summed E-state index contributed by atoms with van der Waals surface area (Å²) in [6, 6.07) is 2.03. The fourth-order valence-electron chi connectivity index (χ4n) is 2.27. The van der Waals surface area contributed by atoms with Gasteiger partial charge >= 0.3 is 0 Å². The molecule has 0 radical (unpaired) electrons. The van der Waals surface area contributed by atoms with Crippen LogP contribution in [-0.2, 0) is 0 Å². The van der Waals surface area contributed by atoms with Crippen LogP contribution in [0.5, 0.6) is 0 Å². The van der Waals surface area contributed by atoms with Gasteiger partial charge in [-0.3, -0.25) is 4.57 Å². The normalized spacial score (nSPS) is 13.6. The summed E-state index contributed by atoms with van der Waals surface area (Å²) < 4.78 is 2.01. The molecule has 1 atom stereocenters. The highest BCUT2D eigenvalue weighted by atomic mass is 35.5. The fraction of sp³-hybridized carbons (Fsp3) is 0.538. The molecule has 0 spiro atoms. The second-order valence-corrected chi connectivity index (χ2v) is 5.85. The molecule has 6 heteroatoms. The van der Waals surface area contributed by atoms with Gasteiger partial charge in [-0.15, -0.1) is 0 Å². The first kappa shape index (κ1) is 14.1. The number of halogens is 1. The molecule has 104 valence electrons. The Balaban J connectivity index is 2.55. The number of hydrogen-bond acceptors (Lipinski definition) is 4. The number of nitrogen functional groups attached to an aromatic ring is 1. The molecule has 2 heterocycles. The molecular formula is C13H20ClN5. The molecule has 0 bridgehead atoms. The number of hydrogen-bond donors (Lipinski definition) is 1. The summed E-state index contributed by atoms with van der Waals surface area (Å²) in [7, 11) is 4.10. The number of nitrogens with zero attached hydrogens (tertiary/aromatic N) is 4. The van der Waals surface area contributed by atoms with E-state index in [1.54, 1.807) is 12.3 Å². The van der Waals surface area contributed by atoms with Gasteiger partial charge < -0.3 is 10.6 Å². The van der Waals surface area contributed by atoms with Crippen molar-refractivity contribution in [1.82, 2.24) is 19.4 Å². The number of imidazole rings is 1. The monoisotopic (exact) mass is 281 g/mol. The van der Waals surface area contributed by atoms with Gasteiger partial charge in [-0.1, -0.05) is 25.4 Å². The van der Waals surface area contributed by atoms with Crippen molar-refractivity contribution in [1.29, 1.82) is 0 Å². The number of nitrogens with two attached hydrogens (primary N) is 1. The molecule has 0 aliphatic rings. The highest BCUT2D eigenvalue weighted by Crippen LogP contribution is 2.27. The Morgan fingerprint density at radius 1 is 1.42 bits per heavy atom. The average molecular weight is 282 g/mol. The summed E-state index contributed by atoms with van der Waals surface area (Å²) in [4.78, 5) is 10.9. The van der Waals surface area contributed by atoms with Crippen LogP contribution < -0.4 is 5.73 Å². The van der Waals surface area contributed by atoms with Crippen molar-refractivity contribution in [2.45, 2.75) is 19.9 Å². The van der Waals surface area contributed by atoms with Crippen molar-refractivity contribution in [2.24, 2.45) is 5.92 Å². The molecule has 0 amide bonds. The first-order chi connectivity index (χ1) is 8.90. The van der Waals surface area contributed by atoms with Crippen LogP contribution in [0.3, 0.4) is 0 Å². The number of pyridine rings is 1. The van der Waals surface area contributed by atoms with Gasteiger partial charge in [-0.2, -0.15) is 0 Å². The molecule has 2 N–H and O–H groups in total. The van der Waals surface area contributed by atoms with Crippen molar-refractivity contribution in [3.8, 4) is 0 Å². The van der Waals surface area contributed by atoms with Gasteiger partial charge in [0.25, 0.3) is 0 Å². The molecule has 5 nitrogen and oxygen atoms in total. The van der Waals surface area contributed by atoms with E-state index in [4.69, 9.17) is 17.3 Å². The molecule has 2 aromatic rings. The Bertz CT molecular complexity index is 576. The second-order valence-electron chi connectivity index (χ2n) is 5.41. The first-order valence-corrected chi connectivity index (χ1v) is 6.71. The van der Waals surface area contributed by atoms with Gasteiger partial charge in [0.1, 0.15) is 5.52 Å². The third-order valence-electron chi connectivity index (χ3n) is 3.18. The van der Waals surface area contributed by atoms with E-state index in [1.165, 1.54) is 0 Å². The summed E-state index contributed by atoms with van der Waals surface area (Å²) in [5.41, 5.74) is 7.61. The summed E-state index contributed by atoms with van der Waals surface area (Å²) in [5.74, 6) is 0.921. The van der Waals surface area contributed by atoms with Crippen molar-refractivity contribution in [2.75, 3.05) is 26.4 Å². The maximum atomic E-state index is 6.07. The zero-order chi connectivity index (χ0) is 14.2. The quantitative estimate of drug-likeness (QED) is 0.935. The predicted molar refractivity (Wildman–Crippen MR) is 79.4 cm³/mol. The summed E-state index contributed by atoms with van der Waals surface area (Å²) >= 11 is 5.95. The Morgan fingerprint density at radius 2 is 2.11 bits per heavy atom. The maximum Gasteiger partial charge on any atom is 0.202 e. The lowest BCUT2D eigenvalue weighted by atomic mass is 10.0. The minimum atomic E-state index is 0.230. The zero-order valence-electron chi connectivity index (χ0n) is 11.8. The van der Waals surface area contributed by atoms with E-state index in [-0.39, 0.29) is 6.04 Å². The van der Waals surface area contributed by atoms with E-state index >= 15 is 0 Å². The van der Waals surface area contributed by atoms with Crippen LogP contribution in [0.15, 0.2) is 12.3 Å². The van der Waals surface area contributed by atoms with E-state index in [0.717, 1.165) is 17.7 Å². The van der Waals surface area contributed by atoms with Gasteiger partial charge in [0, 0.05) is 12.7 Å². The number of anilines is 1. The second kappa shape index (κ2) is 5.35. The van der Waals surface area contributed by atoms with Crippen LogP contribution in [-0.4, -0.2) is 40.1 Å². The highest BCUT2D eigenvalue weighted by molar-refractivity contribution is 6.31. The molecule has 0 saturated heterocycles. The maximum absolute atomic E-state index is 6.07. The SMILES string of the molecule is CC(C)C(CN(C)C)n1c(N)nc2cc(Cl)cnc21. The van der Waals surface area contributed by atoms with Gasteiger partial charge in [-0.25, -0.2) is 9.97 Å². The van der Waals surface area contributed by atoms with Gasteiger partial charge in [0.2, 0.25) is 5.95 Å². The topological polar surface area (TPSA) is 60.0 Å². The molecule has 0 fully saturated rings. The molecule has 0 aliphatic carbocycles. The van der Waals surface area contributed by atoms with E-state index in [1.807, 2.05) is 4.57 Å². The van der Waals surface area contributed by atoms with Crippen molar-refractivity contribution < 1.29 is 0 Å². The fourth-order valence-corrected chi connectivity index (χ4v) is 2.42. The van der Waals surface area contributed by atoms with Crippen LogP contribution >= 0.6 is 11.6 Å². The molecule has 0 aromatic carbocycles. The minimum Gasteiger partial charge on any atom is -0.369 e. The van der Waals surface area contributed by atoms with Crippen LogP contribution in [0.1, 0.15) is 19.9 Å². The number of fused-ring (bicyclic) bond motifs is 1. The highest BCUT2D eigenvalue weighted by Gasteiger charge is 2.22. The molecule has 2 rings (SSSR count). The lowest BCUT2D eigenvalue weighted by Crippen LogP contribution is -2.29. The predicted octanol–water partition coefficient (Wildman–Crippen LogP) is 2.43. The zero-order valence-corrected chi connectivity index (χ0v) is 12.5. The molecule has 2 aromatic heterocycles. The Hall–Kier alpha value is -1.33. The van der Waals surface area contributed by atoms with E-state index in [9.17, 15) is 0 Å². The number of rotatable bonds is 4. The van der Waals surface area contributed by atoms with Crippen LogP contribution in [0, 0.1) is 5.92 Å². The third-order valence-corrected chi connectivity index (χ3v) is 3.38. The molecule has 0 aliphatic heterocycles. The molecule has 0 saturated carbocycles. The Labute approximate surface area is 118 Å². The molecule has 19 heavy (non-hydrogen) atoms. The summed E-state index contributed by atoms with van der Waals surface area (Å²) in [6.45, 7) is 5.24. The van der Waals surface area contributed by atoms with Crippen LogP contribution in [0.2, 0.25) is 5.02 Å². The van der Waals surface area contributed by atoms with Gasteiger partial charge in [0.05, 0.1) is 11.1 Å². The van der Waals surface area contributed by atoms with Crippen LogP contribution in [0.25, 0.3) is 11.2 Å². The smallest absolute Gasteiger partial charge is 0.202 e. The number of likely N-dealkylation sites (N-methyl/N-ethyl adjacent to an activating group) is 1. The van der Waals surface area contributed by atoms with Gasteiger partial charge in [-0.05, 0) is 26.1 Å². The lowest BCUT2D eigenvalue weighted by molar-refractivity contribution is 0.275.